The van der Waals surface area contributed by atoms with Crippen LogP contribution < -0.4 is 10.6 Å². The van der Waals surface area contributed by atoms with Gasteiger partial charge in [-0.25, -0.2) is 9.97 Å². The molecule has 3 aromatic heterocycles. The monoisotopic (exact) mass is 728 g/mol. The fourth-order valence-electron chi connectivity index (χ4n) is 8.72. The van der Waals surface area contributed by atoms with Crippen LogP contribution >= 0.6 is 0 Å². The Balaban J connectivity index is 1.11. The van der Waals surface area contributed by atoms with E-state index in [2.05, 4.69) is 174 Å². The van der Waals surface area contributed by atoms with Crippen LogP contribution in [0.5, 0.6) is 0 Å². The molecule has 11 aromatic rings. The van der Waals surface area contributed by atoms with Crippen LogP contribution in [0.3, 0.4) is 0 Å². The molecule has 11 rings (SSSR count). The first-order chi connectivity index (χ1) is 28.1. The minimum Gasteiger partial charge on any atom is -0.313 e. The number of aromatic nitrogens is 4. The molecule has 0 fully saturated rings. The number of hydrogen-bond donors (Lipinski definition) is 0. The highest BCUT2D eigenvalue weighted by molar-refractivity contribution is 6.08. The molecule has 0 radical (unpaired) electrons. The maximum absolute atomic E-state index is 5.17. The lowest BCUT2D eigenvalue weighted by molar-refractivity contribution is 1.05. The molecule has 0 aliphatic heterocycles. The Kier molecular flexibility index (Phi) is 7.51. The summed E-state index contributed by atoms with van der Waals surface area (Å²) >= 11 is 0. The minimum atomic E-state index is 0.873. The average Bonchev–Trinajstić information content (AvgIpc) is 3.72. The van der Waals surface area contributed by atoms with Gasteiger partial charge in [0.25, 0.3) is 0 Å². The van der Waals surface area contributed by atoms with Crippen molar-refractivity contribution < 1.29 is 0 Å². The molecule has 8 aromatic carbocycles. The predicted molar refractivity (Wildman–Crippen MR) is 239 cm³/mol. The predicted octanol–water partition coefficient (Wildman–Crippen LogP) is 11.7. The summed E-state index contributed by atoms with van der Waals surface area (Å²) in [4.78, 5) is 10.3. The Morgan fingerprint density at radius 1 is 0.474 bits per heavy atom. The standard InChI is InChI=1S/C53H36N4/c1-34-46(44-21-11-14-24-50(44)56(34)41-18-7-4-8-19-41)33-47-35(2)57(53-43-20-10-9-15-36(43)28-30-45(47)53)42-29-27-38-31-40(26-25-39(38)32-42)52-51(37-16-5-3-6-17-37)54-48-22-12-13-23-49(48)55-52/h3-33H,2H2,1H3/b47-33+. The van der Waals surface area contributed by atoms with Crippen molar-refractivity contribution in [2.75, 3.05) is 0 Å². The maximum atomic E-state index is 5.17. The molecule has 4 nitrogen and oxygen atoms in total. The highest BCUT2D eigenvalue weighted by Gasteiger charge is 2.18. The van der Waals surface area contributed by atoms with Gasteiger partial charge in [0.2, 0.25) is 0 Å². The lowest BCUT2D eigenvalue weighted by Crippen LogP contribution is -2.26. The summed E-state index contributed by atoms with van der Waals surface area (Å²) in [5.74, 6) is 0. The molecule has 0 amide bonds. The van der Waals surface area contributed by atoms with E-state index in [0.717, 1.165) is 71.8 Å². The van der Waals surface area contributed by atoms with Gasteiger partial charge in [0.15, 0.2) is 0 Å². The topological polar surface area (TPSA) is 35.6 Å². The fraction of sp³-hybridized carbons (Fsp3) is 0.0189. The Hall–Kier alpha value is -7.56. The molecule has 0 bridgehead atoms. The zero-order valence-corrected chi connectivity index (χ0v) is 31.4. The largest absolute Gasteiger partial charge is 0.313 e. The van der Waals surface area contributed by atoms with Gasteiger partial charge in [-0.2, -0.15) is 0 Å². The molecule has 0 spiro atoms. The fourth-order valence-corrected chi connectivity index (χ4v) is 8.72. The van der Waals surface area contributed by atoms with Crippen molar-refractivity contribution in [2.45, 2.75) is 6.92 Å². The van der Waals surface area contributed by atoms with Crippen LogP contribution in [-0.2, 0) is 0 Å². The number of rotatable bonds is 5. The summed E-state index contributed by atoms with van der Waals surface area (Å²) in [6, 6.07) is 64.3. The van der Waals surface area contributed by atoms with E-state index in [4.69, 9.17) is 16.5 Å². The average molecular weight is 729 g/mol. The van der Waals surface area contributed by atoms with E-state index >= 15 is 0 Å². The second kappa shape index (κ2) is 13.0. The van der Waals surface area contributed by atoms with Crippen molar-refractivity contribution in [1.82, 2.24) is 19.1 Å². The van der Waals surface area contributed by atoms with Gasteiger partial charge in [0.05, 0.1) is 33.5 Å². The molecule has 0 saturated carbocycles. The van der Waals surface area contributed by atoms with Crippen LogP contribution in [0.4, 0.5) is 0 Å². The summed E-state index contributed by atoms with van der Waals surface area (Å²) in [5, 5.41) is 9.13. The van der Waals surface area contributed by atoms with Gasteiger partial charge in [-0.3, -0.25) is 0 Å². The van der Waals surface area contributed by atoms with E-state index in [1.165, 1.54) is 38.3 Å². The first-order valence-electron chi connectivity index (χ1n) is 19.4. The maximum Gasteiger partial charge on any atom is 0.0973 e. The van der Waals surface area contributed by atoms with Crippen molar-refractivity contribution >= 4 is 67.0 Å². The molecular weight excluding hydrogens is 693 g/mol. The SMILES string of the molecule is C=c1/c(=C\c2c(C)n(-c3ccccc3)c3ccccc23)c2ccc3ccccc3c2n1-c1ccc2cc(-c3nc4ccccc4nc3-c3ccccc3)ccc2c1. The lowest BCUT2D eigenvalue weighted by atomic mass is 10.00. The Bertz CT molecular complexity index is 3490. The lowest BCUT2D eigenvalue weighted by Gasteiger charge is -2.13. The molecule has 268 valence electrons. The van der Waals surface area contributed by atoms with Gasteiger partial charge in [0, 0.05) is 60.5 Å². The Morgan fingerprint density at radius 2 is 1.09 bits per heavy atom. The summed E-state index contributed by atoms with van der Waals surface area (Å²) in [6.45, 7) is 7.04. The third-order valence-corrected chi connectivity index (χ3v) is 11.4. The van der Waals surface area contributed by atoms with Crippen molar-refractivity contribution in [3.8, 4) is 33.9 Å². The van der Waals surface area contributed by atoms with Crippen LogP contribution in [-0.4, -0.2) is 19.1 Å². The minimum absolute atomic E-state index is 0.873. The number of para-hydroxylation sites is 4. The quantitative estimate of drug-likeness (QED) is 0.177. The Morgan fingerprint density at radius 3 is 1.88 bits per heavy atom. The highest BCUT2D eigenvalue weighted by Crippen LogP contribution is 2.35. The molecule has 0 unspecified atom stereocenters. The number of hydrogen-bond acceptors (Lipinski definition) is 2. The molecule has 0 atom stereocenters. The molecular formula is C53H36N4. The Labute approximate surface area is 329 Å². The van der Waals surface area contributed by atoms with Crippen LogP contribution in [0.1, 0.15) is 11.3 Å². The molecule has 0 aliphatic rings. The zero-order valence-electron chi connectivity index (χ0n) is 31.4. The van der Waals surface area contributed by atoms with Gasteiger partial charge in [-0.1, -0.05) is 140 Å². The van der Waals surface area contributed by atoms with Crippen molar-refractivity contribution in [3.63, 3.8) is 0 Å². The van der Waals surface area contributed by atoms with E-state index in [-0.39, 0.29) is 0 Å². The van der Waals surface area contributed by atoms with Gasteiger partial charge in [-0.15, -0.1) is 0 Å². The first kappa shape index (κ1) is 32.8. The molecule has 0 N–H and O–H groups in total. The summed E-state index contributed by atoms with van der Waals surface area (Å²) in [6.07, 6.45) is 2.36. The van der Waals surface area contributed by atoms with Crippen LogP contribution in [0, 0.1) is 6.92 Å². The highest BCUT2D eigenvalue weighted by atomic mass is 15.0. The van der Waals surface area contributed by atoms with Crippen LogP contribution in [0.25, 0.3) is 101 Å². The van der Waals surface area contributed by atoms with Gasteiger partial charge >= 0.3 is 0 Å². The second-order valence-corrected chi connectivity index (χ2v) is 14.7. The van der Waals surface area contributed by atoms with E-state index in [9.17, 15) is 0 Å². The van der Waals surface area contributed by atoms with Crippen molar-refractivity contribution in [3.05, 3.63) is 204 Å². The summed E-state index contributed by atoms with van der Waals surface area (Å²) in [7, 11) is 0. The van der Waals surface area contributed by atoms with Gasteiger partial charge in [0.1, 0.15) is 0 Å². The van der Waals surface area contributed by atoms with Crippen LogP contribution in [0.2, 0.25) is 0 Å². The molecule has 4 heteroatoms. The normalized spacial score (nSPS) is 12.1. The van der Waals surface area contributed by atoms with Crippen molar-refractivity contribution in [1.29, 1.82) is 0 Å². The third kappa shape index (κ3) is 5.30. The number of benzene rings is 8. The second-order valence-electron chi connectivity index (χ2n) is 14.7. The number of fused-ring (bicyclic) bond motifs is 6. The molecule has 0 saturated heterocycles. The van der Waals surface area contributed by atoms with Crippen LogP contribution in [0.15, 0.2) is 182 Å². The van der Waals surface area contributed by atoms with Gasteiger partial charge < -0.3 is 9.13 Å². The van der Waals surface area contributed by atoms with E-state index in [1.807, 2.05) is 30.3 Å². The third-order valence-electron chi connectivity index (χ3n) is 11.4. The summed E-state index contributed by atoms with van der Waals surface area (Å²) < 4.78 is 4.72. The smallest absolute Gasteiger partial charge is 0.0973 e. The molecule has 57 heavy (non-hydrogen) atoms. The molecule has 3 heterocycles. The van der Waals surface area contributed by atoms with Gasteiger partial charge in [-0.05, 0) is 77.7 Å². The van der Waals surface area contributed by atoms with E-state index < -0.39 is 0 Å². The first-order valence-corrected chi connectivity index (χ1v) is 19.4. The summed E-state index contributed by atoms with van der Waals surface area (Å²) in [5.41, 5.74) is 12.5. The van der Waals surface area contributed by atoms with E-state index in [1.54, 1.807) is 0 Å². The number of nitrogens with zero attached hydrogens (tertiary/aromatic N) is 4. The molecule has 0 aliphatic carbocycles. The van der Waals surface area contributed by atoms with E-state index in [0.29, 0.717) is 0 Å². The zero-order chi connectivity index (χ0) is 38.0. The van der Waals surface area contributed by atoms with Crippen molar-refractivity contribution in [2.24, 2.45) is 0 Å².